The number of nitrogens with one attached hydrogen (secondary N) is 1. The van der Waals surface area contributed by atoms with Crippen LogP contribution in [0.4, 0.5) is 5.69 Å². The largest absolute Gasteiger partial charge is 0.495 e. The van der Waals surface area contributed by atoms with E-state index >= 15 is 0 Å². The first kappa shape index (κ1) is 16.0. The topological polar surface area (TPSA) is 60.0 Å². The van der Waals surface area contributed by atoms with Gasteiger partial charge in [0.05, 0.1) is 37.3 Å². The molecule has 1 saturated carbocycles. The average molecular weight is 368 g/mol. The Bertz CT molecular complexity index is 898. The van der Waals surface area contributed by atoms with Crippen molar-refractivity contribution in [2.24, 2.45) is 11.8 Å². The highest BCUT2D eigenvalue weighted by molar-refractivity contribution is 5.83. The Balaban J connectivity index is 1.66. The van der Waals surface area contributed by atoms with E-state index in [4.69, 9.17) is 14.2 Å². The maximum atomic E-state index is 13.2. The van der Waals surface area contributed by atoms with Crippen LogP contribution in [-0.2, 0) is 19.7 Å². The number of para-hydroxylation sites is 1. The molecule has 0 aromatic heterocycles. The van der Waals surface area contributed by atoms with Crippen LogP contribution in [0.5, 0.6) is 5.75 Å². The molecular weight excluding hydrogens is 344 g/mol. The summed E-state index contributed by atoms with van der Waals surface area (Å²) < 4.78 is 17.7. The molecule has 6 heteroatoms. The lowest BCUT2D eigenvalue weighted by Gasteiger charge is -2.60. The van der Waals surface area contributed by atoms with Crippen molar-refractivity contribution in [2.45, 2.75) is 43.2 Å². The molecule has 6 rings (SSSR count). The van der Waals surface area contributed by atoms with Crippen LogP contribution in [0.15, 0.2) is 29.8 Å². The van der Waals surface area contributed by atoms with Crippen molar-refractivity contribution in [3.8, 4) is 5.75 Å². The van der Waals surface area contributed by atoms with E-state index in [1.54, 1.807) is 7.11 Å². The average Bonchev–Trinajstić information content (AvgIpc) is 3.29. The number of esters is 1. The second kappa shape index (κ2) is 4.86. The van der Waals surface area contributed by atoms with Gasteiger partial charge in [0.2, 0.25) is 0 Å². The first-order chi connectivity index (χ1) is 13.1. The highest BCUT2D eigenvalue weighted by atomic mass is 16.6. The Morgan fingerprint density at radius 1 is 1.41 bits per heavy atom. The van der Waals surface area contributed by atoms with Crippen LogP contribution in [0.3, 0.4) is 0 Å². The number of hydrogen-bond acceptors (Lipinski definition) is 6. The minimum absolute atomic E-state index is 0.0326. The lowest BCUT2D eigenvalue weighted by molar-refractivity contribution is -0.161. The Morgan fingerprint density at radius 2 is 2.26 bits per heavy atom. The minimum Gasteiger partial charge on any atom is -0.495 e. The summed E-state index contributed by atoms with van der Waals surface area (Å²) in [4.78, 5) is 15.7. The number of benzene rings is 1. The van der Waals surface area contributed by atoms with Gasteiger partial charge >= 0.3 is 5.97 Å². The molecule has 4 aliphatic heterocycles. The summed E-state index contributed by atoms with van der Waals surface area (Å²) in [6.45, 7) is 2.95. The zero-order chi connectivity index (χ0) is 18.6. The summed E-state index contributed by atoms with van der Waals surface area (Å²) in [5.74, 6) is 0.622. The zero-order valence-electron chi connectivity index (χ0n) is 15.8. The van der Waals surface area contributed by atoms with Crippen molar-refractivity contribution >= 4 is 11.7 Å². The molecule has 4 fully saturated rings. The molecule has 6 nitrogen and oxygen atoms in total. The first-order valence-electron chi connectivity index (χ1n) is 9.73. The molecule has 142 valence electrons. The molecule has 1 spiro atoms. The van der Waals surface area contributed by atoms with Crippen LogP contribution >= 0.6 is 0 Å². The third-order valence-corrected chi connectivity index (χ3v) is 7.84. The van der Waals surface area contributed by atoms with Gasteiger partial charge in [-0.25, -0.2) is 0 Å². The third kappa shape index (κ3) is 1.49. The lowest BCUT2D eigenvalue weighted by Crippen LogP contribution is -2.73. The quantitative estimate of drug-likeness (QED) is 0.638. The van der Waals surface area contributed by atoms with Gasteiger partial charge in [-0.1, -0.05) is 23.8 Å². The number of anilines is 1. The maximum absolute atomic E-state index is 13.2. The van der Waals surface area contributed by atoms with Crippen LogP contribution in [0.2, 0.25) is 0 Å². The number of carbonyl (C=O) groups excluding carboxylic acids is 1. The smallest absolute Gasteiger partial charge is 0.310 e. The van der Waals surface area contributed by atoms with Crippen molar-refractivity contribution in [3.05, 3.63) is 35.4 Å². The Hall–Kier alpha value is -2.05. The maximum Gasteiger partial charge on any atom is 0.310 e. The molecule has 5 aliphatic rings. The predicted molar refractivity (Wildman–Crippen MR) is 98.4 cm³/mol. The molecule has 0 unspecified atom stereocenters. The second-order valence-corrected chi connectivity index (χ2v) is 8.39. The summed E-state index contributed by atoms with van der Waals surface area (Å²) in [5, 5.41) is 3.72. The summed E-state index contributed by atoms with van der Waals surface area (Å²) in [5.41, 5.74) is 2.45. The van der Waals surface area contributed by atoms with Crippen molar-refractivity contribution in [3.63, 3.8) is 0 Å². The van der Waals surface area contributed by atoms with Gasteiger partial charge in [-0.3, -0.25) is 9.69 Å². The van der Waals surface area contributed by atoms with E-state index in [1.165, 1.54) is 12.7 Å². The number of methoxy groups -OCH3 is 2. The molecule has 4 bridgehead atoms. The zero-order valence-corrected chi connectivity index (χ0v) is 15.8. The number of fused-ring (bicyclic) bond motifs is 4. The second-order valence-electron chi connectivity index (χ2n) is 8.39. The fourth-order valence-corrected chi connectivity index (χ4v) is 6.96. The van der Waals surface area contributed by atoms with Gasteiger partial charge in [-0.2, -0.15) is 0 Å². The molecule has 0 radical (unpaired) electrons. The van der Waals surface area contributed by atoms with E-state index in [0.29, 0.717) is 0 Å². The lowest BCUT2D eigenvalue weighted by atomic mass is 9.49. The van der Waals surface area contributed by atoms with Gasteiger partial charge in [0.1, 0.15) is 12.0 Å². The molecule has 1 aromatic rings. The van der Waals surface area contributed by atoms with E-state index in [0.717, 1.165) is 36.4 Å². The summed E-state index contributed by atoms with van der Waals surface area (Å²) in [6.07, 6.45) is 3.95. The standard InChI is InChI=1S/C21H24N2O4/c1-4-11-10-23-15-8-12(11)17(19(24)26-3)20-9-16(23)27-21(15,20)22-18-13(20)6-5-7-14(18)25-2/h4-7,12,15-17,22H,8-10H2,1-3H3/t12-,15-,16-,17-,20-,21-/m0/s1. The Morgan fingerprint density at radius 3 is 3.00 bits per heavy atom. The van der Waals surface area contributed by atoms with Crippen LogP contribution in [-0.4, -0.2) is 49.6 Å². The molecule has 3 saturated heterocycles. The third-order valence-electron chi connectivity index (χ3n) is 7.84. The van der Waals surface area contributed by atoms with Crippen molar-refractivity contribution in [1.29, 1.82) is 0 Å². The Kier molecular flexibility index (Phi) is 2.87. The summed E-state index contributed by atoms with van der Waals surface area (Å²) in [7, 11) is 3.19. The van der Waals surface area contributed by atoms with Gasteiger partial charge in [-0.05, 0) is 30.9 Å². The molecule has 6 atom stereocenters. The predicted octanol–water partition coefficient (Wildman–Crippen LogP) is 2.25. The van der Waals surface area contributed by atoms with Crippen molar-refractivity contribution < 1.29 is 19.0 Å². The monoisotopic (exact) mass is 368 g/mol. The number of piperidine rings is 2. The van der Waals surface area contributed by atoms with Crippen LogP contribution in [0.1, 0.15) is 25.3 Å². The molecular formula is C21H24N2O4. The van der Waals surface area contributed by atoms with Gasteiger partial charge in [0.15, 0.2) is 5.72 Å². The molecule has 1 aliphatic carbocycles. The van der Waals surface area contributed by atoms with Gasteiger partial charge < -0.3 is 19.5 Å². The molecule has 1 aromatic carbocycles. The fraction of sp³-hybridized carbons (Fsp3) is 0.571. The molecule has 1 N–H and O–H groups in total. The first-order valence-corrected chi connectivity index (χ1v) is 9.73. The van der Waals surface area contributed by atoms with E-state index in [2.05, 4.69) is 29.3 Å². The molecule has 4 heterocycles. The van der Waals surface area contributed by atoms with Gasteiger partial charge in [0.25, 0.3) is 0 Å². The normalized spacial score (nSPS) is 44.2. The van der Waals surface area contributed by atoms with E-state index in [1.807, 2.05) is 12.1 Å². The number of hydrogen-bond donors (Lipinski definition) is 1. The van der Waals surface area contributed by atoms with Crippen molar-refractivity contribution in [1.82, 2.24) is 4.90 Å². The number of carbonyl (C=O) groups is 1. The highest BCUT2D eigenvalue weighted by Gasteiger charge is 2.82. The number of allylic oxidation sites excluding steroid dienone is 1. The highest BCUT2D eigenvalue weighted by Crippen LogP contribution is 2.72. The summed E-state index contributed by atoms with van der Waals surface area (Å²) >= 11 is 0. The summed E-state index contributed by atoms with van der Waals surface area (Å²) in [6, 6.07) is 6.38. The van der Waals surface area contributed by atoms with E-state index < -0.39 is 11.1 Å². The Labute approximate surface area is 158 Å². The van der Waals surface area contributed by atoms with Crippen LogP contribution < -0.4 is 10.1 Å². The minimum atomic E-state index is -0.580. The number of ether oxygens (including phenoxy) is 3. The van der Waals surface area contributed by atoms with E-state index in [9.17, 15) is 4.79 Å². The van der Waals surface area contributed by atoms with Gasteiger partial charge in [-0.15, -0.1) is 0 Å². The SMILES string of the molecule is CC=C1CN2[C@@H]3C[C@@]45c6cccc(OC)c6N[C@]4(O3)[C@@H]2C[C@@H]1[C@H]5C(=O)OC. The van der Waals surface area contributed by atoms with Crippen LogP contribution in [0.25, 0.3) is 0 Å². The van der Waals surface area contributed by atoms with Gasteiger partial charge in [0, 0.05) is 13.0 Å². The molecule has 27 heavy (non-hydrogen) atoms. The van der Waals surface area contributed by atoms with E-state index in [-0.39, 0.29) is 30.1 Å². The van der Waals surface area contributed by atoms with Crippen molar-refractivity contribution in [2.75, 3.05) is 26.1 Å². The number of nitrogens with zero attached hydrogens (tertiary/aromatic N) is 1. The number of rotatable bonds is 2. The van der Waals surface area contributed by atoms with Crippen LogP contribution in [0, 0.1) is 11.8 Å². The molecule has 0 amide bonds. The fourth-order valence-electron chi connectivity index (χ4n) is 6.96.